The summed E-state index contributed by atoms with van der Waals surface area (Å²) in [5.74, 6) is 0.809. The van der Waals surface area contributed by atoms with Gasteiger partial charge in [-0.25, -0.2) is 0 Å². The zero-order valence-electron chi connectivity index (χ0n) is 15.0. The van der Waals surface area contributed by atoms with Crippen molar-refractivity contribution in [1.82, 2.24) is 10.6 Å². The minimum Gasteiger partial charge on any atom is -0.385 e. The second-order valence-corrected chi connectivity index (χ2v) is 6.48. The second-order valence-electron chi connectivity index (χ2n) is 6.07. The topological polar surface area (TPSA) is 54.9 Å². The summed E-state index contributed by atoms with van der Waals surface area (Å²) in [6.07, 6.45) is 2.84. The van der Waals surface area contributed by atoms with E-state index in [1.54, 1.807) is 14.2 Å². The van der Waals surface area contributed by atoms with Gasteiger partial charge in [-0.2, -0.15) is 0 Å². The van der Waals surface area contributed by atoms with Gasteiger partial charge in [0.2, 0.25) is 0 Å². The van der Waals surface area contributed by atoms with Crippen molar-refractivity contribution in [2.45, 2.75) is 24.7 Å². The maximum Gasteiger partial charge on any atom is 0.191 e. The summed E-state index contributed by atoms with van der Waals surface area (Å²) in [5, 5.41) is 7.61. The summed E-state index contributed by atoms with van der Waals surface area (Å²) >= 11 is 6.49. The number of hydrogen-bond donors (Lipinski definition) is 2. The molecule has 1 fully saturated rings. The average molecular weight is 482 g/mol. The molecule has 0 bridgehead atoms. The van der Waals surface area contributed by atoms with Gasteiger partial charge in [-0.05, 0) is 30.9 Å². The Morgan fingerprint density at radius 1 is 1.28 bits per heavy atom. The number of nitrogens with zero attached hydrogens (tertiary/aromatic N) is 1. The number of halogens is 2. The Hall–Kier alpha value is -0.570. The van der Waals surface area contributed by atoms with Crippen molar-refractivity contribution in [3.63, 3.8) is 0 Å². The van der Waals surface area contributed by atoms with Gasteiger partial charge in [-0.15, -0.1) is 24.0 Å². The van der Waals surface area contributed by atoms with Crippen LogP contribution in [-0.2, 0) is 14.9 Å². The van der Waals surface area contributed by atoms with Gasteiger partial charge in [0.1, 0.15) is 0 Å². The largest absolute Gasteiger partial charge is 0.385 e. The van der Waals surface area contributed by atoms with Crippen molar-refractivity contribution in [3.8, 4) is 0 Å². The monoisotopic (exact) mass is 481 g/mol. The molecule has 0 unspecified atom stereocenters. The highest BCUT2D eigenvalue weighted by Crippen LogP contribution is 2.38. The van der Waals surface area contributed by atoms with E-state index in [-0.39, 0.29) is 29.4 Å². The van der Waals surface area contributed by atoms with Crippen LogP contribution in [0.15, 0.2) is 29.3 Å². The lowest BCUT2D eigenvalue weighted by molar-refractivity contribution is 0.0514. The van der Waals surface area contributed by atoms with E-state index >= 15 is 0 Å². The molecule has 1 saturated heterocycles. The first-order valence-corrected chi connectivity index (χ1v) is 8.86. The number of aliphatic imine (C=N–C) groups is 1. The molecule has 2 N–H and O–H groups in total. The number of benzene rings is 1. The normalized spacial score (nSPS) is 16.8. The predicted octanol–water partition coefficient (Wildman–Crippen LogP) is 3.21. The Morgan fingerprint density at radius 3 is 2.64 bits per heavy atom. The van der Waals surface area contributed by atoms with Crippen LogP contribution in [0.4, 0.5) is 0 Å². The number of rotatable bonds is 7. The van der Waals surface area contributed by atoms with Gasteiger partial charge in [-0.1, -0.05) is 29.8 Å². The van der Waals surface area contributed by atoms with E-state index in [0.29, 0.717) is 0 Å². The molecule has 0 radical (unpaired) electrons. The lowest BCUT2D eigenvalue weighted by Crippen LogP contribution is -2.48. The smallest absolute Gasteiger partial charge is 0.191 e. The van der Waals surface area contributed by atoms with Crippen LogP contribution in [0.2, 0.25) is 5.02 Å². The van der Waals surface area contributed by atoms with E-state index in [2.05, 4.69) is 27.8 Å². The molecule has 2 rings (SSSR count). The zero-order valence-corrected chi connectivity index (χ0v) is 18.1. The predicted molar refractivity (Wildman–Crippen MR) is 114 cm³/mol. The van der Waals surface area contributed by atoms with Gasteiger partial charge < -0.3 is 20.1 Å². The molecule has 1 heterocycles. The molecule has 0 atom stereocenters. The minimum atomic E-state index is -0.0270. The van der Waals surface area contributed by atoms with Crippen molar-refractivity contribution < 1.29 is 9.47 Å². The molecule has 7 heteroatoms. The molecule has 1 aliphatic rings. The number of methoxy groups -OCH3 is 1. The molecule has 0 aromatic heterocycles. The number of nitrogens with one attached hydrogen (secondary N) is 2. The number of guanidine groups is 1. The van der Waals surface area contributed by atoms with Crippen molar-refractivity contribution in [2.75, 3.05) is 47.1 Å². The fraction of sp³-hybridized carbons (Fsp3) is 0.611. The van der Waals surface area contributed by atoms with Crippen LogP contribution in [-0.4, -0.2) is 53.0 Å². The molecule has 0 spiro atoms. The third-order valence-electron chi connectivity index (χ3n) is 4.53. The fourth-order valence-corrected chi connectivity index (χ4v) is 3.43. The highest BCUT2D eigenvalue weighted by Gasteiger charge is 2.36. The Labute approximate surface area is 172 Å². The van der Waals surface area contributed by atoms with E-state index in [9.17, 15) is 0 Å². The molecule has 0 amide bonds. The summed E-state index contributed by atoms with van der Waals surface area (Å²) in [7, 11) is 3.50. The van der Waals surface area contributed by atoms with E-state index in [4.69, 9.17) is 21.1 Å². The zero-order chi connectivity index (χ0) is 17.3. The molecule has 0 aliphatic carbocycles. The van der Waals surface area contributed by atoms with E-state index in [1.165, 1.54) is 5.56 Å². The van der Waals surface area contributed by atoms with Gasteiger partial charge in [-0.3, -0.25) is 4.99 Å². The van der Waals surface area contributed by atoms with Crippen LogP contribution in [0, 0.1) is 0 Å². The Kier molecular flexibility index (Phi) is 10.7. The fourth-order valence-electron chi connectivity index (χ4n) is 3.09. The third kappa shape index (κ3) is 6.58. The lowest BCUT2D eigenvalue weighted by atomic mass is 9.74. The van der Waals surface area contributed by atoms with E-state index in [1.807, 2.05) is 12.1 Å². The number of hydrogen-bond acceptors (Lipinski definition) is 3. The Morgan fingerprint density at radius 2 is 2.00 bits per heavy atom. The maximum absolute atomic E-state index is 6.49. The first-order chi connectivity index (χ1) is 11.7. The summed E-state index contributed by atoms with van der Waals surface area (Å²) < 4.78 is 10.7. The Bertz CT molecular complexity index is 537. The van der Waals surface area contributed by atoms with Gasteiger partial charge in [0.05, 0.1) is 0 Å². The van der Waals surface area contributed by atoms with Crippen LogP contribution in [0.3, 0.4) is 0 Å². The first kappa shape index (κ1) is 22.5. The molecule has 1 aromatic rings. The number of ether oxygens (including phenoxy) is 2. The summed E-state index contributed by atoms with van der Waals surface area (Å²) in [6.45, 7) is 3.87. The lowest BCUT2D eigenvalue weighted by Gasteiger charge is -2.38. The molecule has 5 nitrogen and oxygen atoms in total. The van der Waals surface area contributed by atoms with Crippen LogP contribution in [0.1, 0.15) is 24.8 Å². The maximum atomic E-state index is 6.49. The van der Waals surface area contributed by atoms with Crippen molar-refractivity contribution in [3.05, 3.63) is 34.9 Å². The molecule has 142 valence electrons. The standard InChI is InChI=1S/C18H28ClN3O2.HI/c1-20-17(21-10-5-11-23-2)22-14-18(8-12-24-13-9-18)15-6-3-4-7-16(15)19;/h3-4,6-7H,5,8-14H2,1-2H3,(H2,20,21,22);1H. The van der Waals surface area contributed by atoms with Gasteiger partial charge in [0.15, 0.2) is 5.96 Å². The van der Waals surface area contributed by atoms with Crippen LogP contribution < -0.4 is 10.6 Å². The van der Waals surface area contributed by atoms with Gasteiger partial charge in [0, 0.05) is 57.5 Å². The van der Waals surface area contributed by atoms with Gasteiger partial charge >= 0.3 is 0 Å². The molecular formula is C18H29ClIN3O2. The minimum absolute atomic E-state index is 0. The highest BCUT2D eigenvalue weighted by atomic mass is 127. The molecule has 1 aromatic carbocycles. The molecule has 0 saturated carbocycles. The summed E-state index contributed by atoms with van der Waals surface area (Å²) in [6, 6.07) is 8.12. The quantitative estimate of drug-likeness (QED) is 0.272. The molecule has 25 heavy (non-hydrogen) atoms. The molecular weight excluding hydrogens is 453 g/mol. The van der Waals surface area contributed by atoms with Crippen molar-refractivity contribution >= 4 is 41.5 Å². The molecule has 1 aliphatic heterocycles. The first-order valence-electron chi connectivity index (χ1n) is 8.48. The van der Waals surface area contributed by atoms with Gasteiger partial charge in [0.25, 0.3) is 0 Å². The summed E-state index contributed by atoms with van der Waals surface area (Å²) in [4.78, 5) is 4.31. The SMILES string of the molecule is CN=C(NCCCOC)NCC1(c2ccccc2Cl)CCOCC1.I. The van der Waals surface area contributed by atoms with Crippen molar-refractivity contribution in [2.24, 2.45) is 4.99 Å². The van der Waals surface area contributed by atoms with E-state index in [0.717, 1.165) is 63.2 Å². The van der Waals surface area contributed by atoms with Crippen molar-refractivity contribution in [1.29, 1.82) is 0 Å². The third-order valence-corrected chi connectivity index (χ3v) is 4.86. The van der Waals surface area contributed by atoms with Crippen LogP contribution in [0.25, 0.3) is 0 Å². The van der Waals surface area contributed by atoms with Crippen LogP contribution >= 0.6 is 35.6 Å². The average Bonchev–Trinajstić information content (AvgIpc) is 2.62. The van der Waals surface area contributed by atoms with Crippen LogP contribution in [0.5, 0.6) is 0 Å². The Balaban J connectivity index is 0.00000312. The second kappa shape index (κ2) is 11.9. The van der Waals surface area contributed by atoms with E-state index < -0.39 is 0 Å². The summed E-state index contributed by atoms with van der Waals surface area (Å²) in [5.41, 5.74) is 1.16. The highest BCUT2D eigenvalue weighted by molar-refractivity contribution is 14.0.